The molecule has 0 heterocycles. The predicted octanol–water partition coefficient (Wildman–Crippen LogP) is 7.90. The number of allylic oxidation sites excluding steroid dienone is 5. The molecule has 0 bridgehead atoms. The van der Waals surface area contributed by atoms with Crippen molar-refractivity contribution >= 4 is 0 Å². The Morgan fingerprint density at radius 1 is 0.957 bits per heavy atom. The van der Waals surface area contributed by atoms with E-state index in [1.807, 2.05) is 47.6 Å². The number of unbranched alkanes of at least 4 members (excludes halogenated alkanes) is 1. The molecule has 0 fully saturated rings. The molecule has 0 atom stereocenters. The molecule has 0 N–H and O–H groups in total. The van der Waals surface area contributed by atoms with E-state index >= 15 is 0 Å². The minimum absolute atomic E-state index is 0.913. The molecule has 0 saturated carbocycles. The lowest BCUT2D eigenvalue weighted by atomic mass is 10.0. The molecule has 23 heavy (non-hydrogen) atoms. The van der Waals surface area contributed by atoms with Crippen LogP contribution in [-0.4, -0.2) is 13.7 Å². The van der Waals surface area contributed by atoms with Gasteiger partial charge >= 0.3 is 0 Å². The zero-order valence-corrected chi connectivity index (χ0v) is 18.0. The van der Waals surface area contributed by atoms with Crippen LogP contribution in [0.5, 0.6) is 0 Å². The Balaban J connectivity index is -0.000000129. The molecule has 0 aliphatic heterocycles. The first-order valence-corrected chi connectivity index (χ1v) is 9.45. The minimum atomic E-state index is 0.913. The second-order valence-corrected chi connectivity index (χ2v) is 4.18. The molecule has 138 valence electrons. The summed E-state index contributed by atoms with van der Waals surface area (Å²) in [6, 6.07) is 0. The van der Waals surface area contributed by atoms with Crippen molar-refractivity contribution in [2.75, 3.05) is 13.7 Å². The molecule has 0 radical (unpaired) electrons. The van der Waals surface area contributed by atoms with Crippen LogP contribution in [0.25, 0.3) is 0 Å². The number of ether oxygens (including phenoxy) is 1. The van der Waals surface area contributed by atoms with Crippen molar-refractivity contribution in [3.63, 3.8) is 0 Å². The topological polar surface area (TPSA) is 9.23 Å². The Morgan fingerprint density at radius 2 is 1.48 bits per heavy atom. The van der Waals surface area contributed by atoms with E-state index in [0.717, 1.165) is 13.0 Å². The van der Waals surface area contributed by atoms with Crippen molar-refractivity contribution in [3.8, 4) is 0 Å². The van der Waals surface area contributed by atoms with Crippen LogP contribution in [-0.2, 0) is 4.74 Å². The second kappa shape index (κ2) is 29.0. The standard InChI is InChI=1S/C11H14.C5H12O.3C2H6/c1-4-11-8-6-5-7-9(2)10(11)3;1-3-4-5-6-2;3*1-2/h5,7-8H,4H2,1-3H3;3-5H2,1-2H3;3*1-2H3. The van der Waals surface area contributed by atoms with E-state index in [2.05, 4.69) is 45.6 Å². The Morgan fingerprint density at radius 3 is 1.83 bits per heavy atom. The maximum absolute atomic E-state index is 4.78. The van der Waals surface area contributed by atoms with Crippen LogP contribution in [0.15, 0.2) is 40.7 Å². The number of hydrogen-bond donors (Lipinski definition) is 0. The summed E-state index contributed by atoms with van der Waals surface area (Å²) < 4.78 is 4.78. The first-order chi connectivity index (χ1) is 11.2. The Labute approximate surface area is 148 Å². The van der Waals surface area contributed by atoms with Crippen molar-refractivity contribution in [2.24, 2.45) is 0 Å². The SMILES string of the molecule is CC.CC.CC.CCC1=C(C)C(C)=CC=C=C1.CCCCOC. The van der Waals surface area contributed by atoms with E-state index < -0.39 is 0 Å². The lowest BCUT2D eigenvalue weighted by Crippen LogP contribution is -1.84. The van der Waals surface area contributed by atoms with E-state index in [1.54, 1.807) is 7.11 Å². The summed E-state index contributed by atoms with van der Waals surface area (Å²) >= 11 is 0. The fourth-order valence-corrected chi connectivity index (χ4v) is 1.46. The minimum Gasteiger partial charge on any atom is -0.385 e. The summed E-state index contributed by atoms with van der Waals surface area (Å²) in [7, 11) is 1.73. The number of methoxy groups -OCH3 is 1. The van der Waals surface area contributed by atoms with Crippen molar-refractivity contribution in [1.29, 1.82) is 0 Å². The molecule has 1 heteroatoms. The summed E-state index contributed by atoms with van der Waals surface area (Å²) in [4.78, 5) is 0. The highest BCUT2D eigenvalue weighted by molar-refractivity contribution is 5.41. The highest BCUT2D eigenvalue weighted by atomic mass is 16.5. The van der Waals surface area contributed by atoms with Gasteiger partial charge in [-0.15, -0.1) is 5.73 Å². The van der Waals surface area contributed by atoms with E-state index in [4.69, 9.17) is 4.74 Å². The summed E-state index contributed by atoms with van der Waals surface area (Å²) in [6.07, 6.45) is 9.67. The maximum Gasteiger partial charge on any atom is 0.0462 e. The van der Waals surface area contributed by atoms with Gasteiger partial charge in [0.1, 0.15) is 0 Å². The largest absolute Gasteiger partial charge is 0.385 e. The smallest absolute Gasteiger partial charge is 0.0462 e. The average molecular weight is 325 g/mol. The molecular formula is C22H44O. The first-order valence-electron chi connectivity index (χ1n) is 9.45. The maximum atomic E-state index is 4.78. The second-order valence-electron chi connectivity index (χ2n) is 4.18. The van der Waals surface area contributed by atoms with Gasteiger partial charge < -0.3 is 4.74 Å². The Bertz CT molecular complexity index is 322. The van der Waals surface area contributed by atoms with Gasteiger partial charge in [-0.2, -0.15) is 0 Å². The van der Waals surface area contributed by atoms with Gasteiger partial charge in [-0.1, -0.05) is 67.9 Å². The third-order valence-corrected chi connectivity index (χ3v) is 2.84. The van der Waals surface area contributed by atoms with Crippen LogP contribution in [0.4, 0.5) is 0 Å². The number of rotatable bonds is 4. The van der Waals surface area contributed by atoms with Gasteiger partial charge in [-0.3, -0.25) is 0 Å². The molecule has 1 nitrogen and oxygen atoms in total. The molecule has 0 saturated heterocycles. The van der Waals surface area contributed by atoms with E-state index in [-0.39, 0.29) is 0 Å². The molecule has 1 aliphatic rings. The Hall–Kier alpha value is -1.04. The van der Waals surface area contributed by atoms with Gasteiger partial charge in [-0.05, 0) is 55.6 Å². The third kappa shape index (κ3) is 21.0. The zero-order chi connectivity index (χ0) is 19.1. The zero-order valence-electron chi connectivity index (χ0n) is 18.0. The van der Waals surface area contributed by atoms with Crippen molar-refractivity contribution < 1.29 is 4.74 Å². The van der Waals surface area contributed by atoms with Crippen LogP contribution < -0.4 is 0 Å². The van der Waals surface area contributed by atoms with Crippen molar-refractivity contribution in [3.05, 3.63) is 40.7 Å². The molecular weight excluding hydrogens is 280 g/mol. The predicted molar refractivity (Wildman–Crippen MR) is 110 cm³/mol. The van der Waals surface area contributed by atoms with Crippen LogP contribution in [0.1, 0.15) is 88.5 Å². The van der Waals surface area contributed by atoms with Crippen LogP contribution >= 0.6 is 0 Å². The normalized spacial score (nSPS) is 11.2. The van der Waals surface area contributed by atoms with Crippen LogP contribution in [0.2, 0.25) is 0 Å². The molecule has 1 rings (SSSR count). The van der Waals surface area contributed by atoms with Gasteiger partial charge in [-0.25, -0.2) is 0 Å². The Kier molecular flexibility index (Phi) is 37.8. The average Bonchev–Trinajstić information content (AvgIpc) is 2.80. The van der Waals surface area contributed by atoms with Crippen molar-refractivity contribution in [2.45, 2.75) is 88.5 Å². The first kappa shape index (κ1) is 29.9. The molecule has 0 aromatic carbocycles. The highest BCUT2D eigenvalue weighted by Crippen LogP contribution is 2.18. The quantitative estimate of drug-likeness (QED) is 0.377. The fourth-order valence-electron chi connectivity index (χ4n) is 1.46. The van der Waals surface area contributed by atoms with Crippen molar-refractivity contribution in [1.82, 2.24) is 0 Å². The highest BCUT2D eigenvalue weighted by Gasteiger charge is 1.99. The summed E-state index contributed by atoms with van der Waals surface area (Å²) in [6.45, 7) is 21.6. The molecule has 0 aromatic rings. The van der Waals surface area contributed by atoms with Gasteiger partial charge in [0.2, 0.25) is 0 Å². The van der Waals surface area contributed by atoms with Gasteiger partial charge in [0.25, 0.3) is 0 Å². The summed E-state index contributed by atoms with van der Waals surface area (Å²) in [5.74, 6) is 0. The molecule has 0 aromatic heterocycles. The third-order valence-electron chi connectivity index (χ3n) is 2.84. The molecule has 0 unspecified atom stereocenters. The molecule has 1 aliphatic carbocycles. The van der Waals surface area contributed by atoms with E-state index in [0.29, 0.717) is 0 Å². The van der Waals surface area contributed by atoms with E-state index in [9.17, 15) is 0 Å². The van der Waals surface area contributed by atoms with Gasteiger partial charge in [0.15, 0.2) is 0 Å². The fraction of sp³-hybridized carbons (Fsp3) is 0.682. The summed E-state index contributed by atoms with van der Waals surface area (Å²) in [5, 5.41) is 0. The number of hydrogen-bond acceptors (Lipinski definition) is 1. The van der Waals surface area contributed by atoms with E-state index in [1.165, 1.54) is 29.6 Å². The van der Waals surface area contributed by atoms with Gasteiger partial charge in [0, 0.05) is 13.7 Å². The van der Waals surface area contributed by atoms with Crippen LogP contribution in [0.3, 0.4) is 0 Å². The molecule has 0 spiro atoms. The summed E-state index contributed by atoms with van der Waals surface area (Å²) in [5.41, 5.74) is 7.27. The lowest BCUT2D eigenvalue weighted by molar-refractivity contribution is 0.194. The lowest BCUT2D eigenvalue weighted by Gasteiger charge is -2.03. The van der Waals surface area contributed by atoms with Gasteiger partial charge in [0.05, 0.1) is 0 Å². The molecule has 0 amide bonds. The monoisotopic (exact) mass is 324 g/mol. The van der Waals surface area contributed by atoms with Crippen LogP contribution in [0, 0.1) is 0 Å².